The van der Waals surface area contributed by atoms with E-state index in [1.807, 2.05) is 0 Å². The van der Waals surface area contributed by atoms with Crippen LogP contribution in [0.2, 0.25) is 0 Å². The van der Waals surface area contributed by atoms with Gasteiger partial charge in [0.05, 0.1) is 0 Å². The van der Waals surface area contributed by atoms with Crippen LogP contribution in [-0.4, -0.2) is 31.1 Å². The lowest BCUT2D eigenvalue weighted by atomic mass is 9.94. The highest BCUT2D eigenvalue weighted by Crippen LogP contribution is 2.29. The standard InChI is InChI=1S/C17H28N2.2ClH/c1-3-4-5-10-17(19-13-11-18-12-14-19)16-9-7-6-8-15(16)2;;/h6-9,17-18H,3-5,10-14H2,1-2H3;2*1H/t17-;;/m1../s1. The zero-order chi connectivity index (χ0) is 13.5. The van der Waals surface area contributed by atoms with Gasteiger partial charge in [-0.1, -0.05) is 50.5 Å². The van der Waals surface area contributed by atoms with Crippen LogP contribution in [0, 0.1) is 6.92 Å². The Labute approximate surface area is 142 Å². The third-order valence-electron chi connectivity index (χ3n) is 4.22. The Bertz CT molecular complexity index is 379. The quantitative estimate of drug-likeness (QED) is 0.778. The minimum absolute atomic E-state index is 0. The van der Waals surface area contributed by atoms with Gasteiger partial charge in [0.2, 0.25) is 0 Å². The smallest absolute Gasteiger partial charge is 0.0351 e. The molecule has 1 N–H and O–H groups in total. The minimum Gasteiger partial charge on any atom is -0.314 e. The van der Waals surface area contributed by atoms with Crippen LogP contribution >= 0.6 is 24.8 Å². The van der Waals surface area contributed by atoms with E-state index in [4.69, 9.17) is 0 Å². The first-order valence-corrected chi connectivity index (χ1v) is 7.83. The monoisotopic (exact) mass is 332 g/mol. The molecule has 1 heterocycles. The summed E-state index contributed by atoms with van der Waals surface area (Å²) in [6.07, 6.45) is 5.31. The first kappa shape index (κ1) is 20.7. The summed E-state index contributed by atoms with van der Waals surface area (Å²) in [5.74, 6) is 0. The Morgan fingerprint density at radius 2 is 1.76 bits per heavy atom. The molecular formula is C17H30Cl2N2. The lowest BCUT2D eigenvalue weighted by Gasteiger charge is -2.36. The van der Waals surface area contributed by atoms with Crippen molar-refractivity contribution < 1.29 is 0 Å². The lowest BCUT2D eigenvalue weighted by molar-refractivity contribution is 0.162. The number of hydrogen-bond acceptors (Lipinski definition) is 2. The molecule has 1 aromatic rings. The molecule has 0 aromatic heterocycles. The van der Waals surface area contributed by atoms with Crippen LogP contribution in [0.3, 0.4) is 0 Å². The summed E-state index contributed by atoms with van der Waals surface area (Å²) >= 11 is 0. The van der Waals surface area contributed by atoms with Gasteiger partial charge >= 0.3 is 0 Å². The molecule has 1 fully saturated rings. The number of piperazine rings is 1. The highest BCUT2D eigenvalue weighted by Gasteiger charge is 2.22. The lowest BCUT2D eigenvalue weighted by Crippen LogP contribution is -2.45. The van der Waals surface area contributed by atoms with E-state index in [1.54, 1.807) is 5.56 Å². The average molecular weight is 333 g/mol. The Morgan fingerprint density at radius 3 is 2.38 bits per heavy atom. The molecule has 1 saturated heterocycles. The molecular weight excluding hydrogens is 303 g/mol. The van der Waals surface area contributed by atoms with Crippen molar-refractivity contribution in [2.45, 2.75) is 45.6 Å². The van der Waals surface area contributed by atoms with Crippen molar-refractivity contribution in [3.63, 3.8) is 0 Å². The molecule has 0 amide bonds. The van der Waals surface area contributed by atoms with Gasteiger partial charge in [-0.2, -0.15) is 0 Å². The number of halogens is 2. The summed E-state index contributed by atoms with van der Waals surface area (Å²) in [7, 11) is 0. The van der Waals surface area contributed by atoms with Crippen molar-refractivity contribution in [2.24, 2.45) is 0 Å². The maximum absolute atomic E-state index is 3.46. The Balaban J connectivity index is 0.00000200. The second-order valence-corrected chi connectivity index (χ2v) is 5.65. The second-order valence-electron chi connectivity index (χ2n) is 5.65. The molecule has 4 heteroatoms. The van der Waals surface area contributed by atoms with E-state index in [0.29, 0.717) is 6.04 Å². The summed E-state index contributed by atoms with van der Waals surface area (Å²) < 4.78 is 0. The number of unbranched alkanes of at least 4 members (excludes halogenated alkanes) is 2. The molecule has 1 aliphatic rings. The zero-order valence-electron chi connectivity index (χ0n) is 13.3. The first-order chi connectivity index (χ1) is 9.33. The van der Waals surface area contributed by atoms with Crippen LogP contribution in [0.4, 0.5) is 0 Å². The van der Waals surface area contributed by atoms with E-state index in [1.165, 1.54) is 44.3 Å². The van der Waals surface area contributed by atoms with Gasteiger partial charge in [-0.25, -0.2) is 0 Å². The van der Waals surface area contributed by atoms with Crippen LogP contribution in [0.5, 0.6) is 0 Å². The molecule has 0 radical (unpaired) electrons. The molecule has 0 spiro atoms. The molecule has 2 rings (SSSR count). The predicted octanol–water partition coefficient (Wildman–Crippen LogP) is 4.37. The third-order valence-corrected chi connectivity index (χ3v) is 4.22. The summed E-state index contributed by atoms with van der Waals surface area (Å²) in [5.41, 5.74) is 2.99. The van der Waals surface area contributed by atoms with E-state index >= 15 is 0 Å². The number of nitrogens with zero attached hydrogens (tertiary/aromatic N) is 1. The van der Waals surface area contributed by atoms with E-state index in [2.05, 4.69) is 48.3 Å². The van der Waals surface area contributed by atoms with Gasteiger partial charge in [0.15, 0.2) is 0 Å². The van der Waals surface area contributed by atoms with Crippen LogP contribution in [0.15, 0.2) is 24.3 Å². The maximum atomic E-state index is 3.46. The normalized spacial score (nSPS) is 16.7. The topological polar surface area (TPSA) is 15.3 Å². The summed E-state index contributed by atoms with van der Waals surface area (Å²) in [4.78, 5) is 2.68. The van der Waals surface area contributed by atoms with Gasteiger partial charge in [-0.3, -0.25) is 4.90 Å². The van der Waals surface area contributed by atoms with Crippen LogP contribution in [0.25, 0.3) is 0 Å². The number of benzene rings is 1. The van der Waals surface area contributed by atoms with Gasteiger partial charge in [0, 0.05) is 32.2 Å². The van der Waals surface area contributed by atoms with Crippen molar-refractivity contribution in [1.29, 1.82) is 0 Å². The number of aryl methyl sites for hydroxylation is 1. The van der Waals surface area contributed by atoms with Crippen molar-refractivity contribution >= 4 is 24.8 Å². The average Bonchev–Trinajstić information content (AvgIpc) is 2.46. The van der Waals surface area contributed by atoms with Gasteiger partial charge in [-0.15, -0.1) is 24.8 Å². The van der Waals surface area contributed by atoms with Crippen LogP contribution in [0.1, 0.15) is 49.8 Å². The van der Waals surface area contributed by atoms with Crippen molar-refractivity contribution in [3.8, 4) is 0 Å². The fourth-order valence-electron chi connectivity index (χ4n) is 3.08. The van der Waals surface area contributed by atoms with Gasteiger partial charge in [-0.05, 0) is 24.5 Å². The maximum Gasteiger partial charge on any atom is 0.0351 e. The minimum atomic E-state index is 0. The van der Waals surface area contributed by atoms with Crippen LogP contribution < -0.4 is 5.32 Å². The summed E-state index contributed by atoms with van der Waals surface area (Å²) in [6, 6.07) is 9.55. The fourth-order valence-corrected chi connectivity index (χ4v) is 3.08. The number of hydrogen-bond donors (Lipinski definition) is 1. The van der Waals surface area contributed by atoms with Crippen molar-refractivity contribution in [1.82, 2.24) is 10.2 Å². The molecule has 122 valence electrons. The largest absolute Gasteiger partial charge is 0.314 e. The second kappa shape index (κ2) is 11.3. The Hall–Kier alpha value is -0.280. The summed E-state index contributed by atoms with van der Waals surface area (Å²) in [6.45, 7) is 9.18. The Kier molecular flexibility index (Phi) is 11.2. The third kappa shape index (κ3) is 6.15. The van der Waals surface area contributed by atoms with Crippen molar-refractivity contribution in [2.75, 3.05) is 26.2 Å². The molecule has 0 unspecified atom stereocenters. The van der Waals surface area contributed by atoms with Gasteiger partial charge < -0.3 is 5.32 Å². The van der Waals surface area contributed by atoms with Crippen LogP contribution in [-0.2, 0) is 0 Å². The van der Waals surface area contributed by atoms with Gasteiger partial charge in [0.25, 0.3) is 0 Å². The SMILES string of the molecule is CCCCC[C@H](c1ccccc1C)N1CCNCC1.Cl.Cl. The molecule has 1 aromatic carbocycles. The molecule has 0 saturated carbocycles. The molecule has 2 nitrogen and oxygen atoms in total. The highest BCUT2D eigenvalue weighted by atomic mass is 35.5. The Morgan fingerprint density at radius 1 is 1.10 bits per heavy atom. The predicted molar refractivity (Wildman–Crippen MR) is 97.0 cm³/mol. The molecule has 1 atom stereocenters. The number of rotatable bonds is 6. The van der Waals surface area contributed by atoms with E-state index in [-0.39, 0.29) is 24.8 Å². The fraction of sp³-hybridized carbons (Fsp3) is 0.647. The van der Waals surface area contributed by atoms with Crippen molar-refractivity contribution in [3.05, 3.63) is 35.4 Å². The molecule has 21 heavy (non-hydrogen) atoms. The summed E-state index contributed by atoms with van der Waals surface area (Å²) in [5, 5.41) is 3.46. The molecule has 1 aliphatic heterocycles. The van der Waals surface area contributed by atoms with E-state index in [0.717, 1.165) is 13.1 Å². The highest BCUT2D eigenvalue weighted by molar-refractivity contribution is 5.85. The van der Waals surface area contributed by atoms with E-state index < -0.39 is 0 Å². The zero-order valence-corrected chi connectivity index (χ0v) is 14.9. The van der Waals surface area contributed by atoms with Gasteiger partial charge in [0.1, 0.15) is 0 Å². The molecule has 0 aliphatic carbocycles. The van der Waals surface area contributed by atoms with E-state index in [9.17, 15) is 0 Å². The number of nitrogens with one attached hydrogen (secondary N) is 1. The molecule has 0 bridgehead atoms. The first-order valence-electron chi connectivity index (χ1n) is 7.83.